The van der Waals surface area contributed by atoms with Crippen LogP contribution in [-0.4, -0.2) is 39.0 Å². The molecule has 0 fully saturated rings. The van der Waals surface area contributed by atoms with Crippen molar-refractivity contribution in [3.63, 3.8) is 0 Å². The Morgan fingerprint density at radius 2 is 1.87 bits per heavy atom. The zero-order chi connectivity index (χ0) is 22.1. The number of halogens is 1. The number of rotatable bonds is 5. The zero-order valence-electron chi connectivity index (χ0n) is 17.5. The van der Waals surface area contributed by atoms with E-state index in [0.717, 1.165) is 16.8 Å². The van der Waals surface area contributed by atoms with E-state index in [2.05, 4.69) is 15.3 Å². The van der Waals surface area contributed by atoms with Crippen molar-refractivity contribution in [3.05, 3.63) is 65.5 Å². The highest BCUT2D eigenvalue weighted by Crippen LogP contribution is 2.35. The number of carbonyl (C=O) groups is 2. The summed E-state index contributed by atoms with van der Waals surface area (Å²) < 4.78 is 13.1. The van der Waals surface area contributed by atoms with Gasteiger partial charge in [0, 0.05) is 12.1 Å². The van der Waals surface area contributed by atoms with Gasteiger partial charge in [-0.3, -0.25) is 14.6 Å². The molecule has 0 saturated heterocycles. The van der Waals surface area contributed by atoms with Crippen LogP contribution in [0.25, 0.3) is 0 Å². The van der Waals surface area contributed by atoms with Crippen LogP contribution in [0.3, 0.4) is 0 Å². The van der Waals surface area contributed by atoms with E-state index in [0.29, 0.717) is 17.5 Å². The molecule has 0 aromatic heterocycles. The van der Waals surface area contributed by atoms with Gasteiger partial charge < -0.3 is 5.32 Å². The minimum Gasteiger partial charge on any atom is -0.351 e. The van der Waals surface area contributed by atoms with Crippen molar-refractivity contribution in [2.24, 2.45) is 15.9 Å². The molecule has 160 valence electrons. The predicted octanol–water partition coefficient (Wildman–Crippen LogP) is 3.88. The maximum Gasteiger partial charge on any atom is 0.259 e. The molecule has 0 bridgehead atoms. The predicted molar refractivity (Wildman–Crippen MR) is 121 cm³/mol. The van der Waals surface area contributed by atoms with Crippen molar-refractivity contribution in [1.82, 2.24) is 10.2 Å². The van der Waals surface area contributed by atoms with E-state index in [1.165, 1.54) is 23.9 Å². The van der Waals surface area contributed by atoms with Crippen molar-refractivity contribution in [3.8, 4) is 0 Å². The van der Waals surface area contributed by atoms with Crippen LogP contribution >= 0.6 is 11.8 Å². The van der Waals surface area contributed by atoms with Gasteiger partial charge in [-0.2, -0.15) is 0 Å². The van der Waals surface area contributed by atoms with Gasteiger partial charge >= 0.3 is 0 Å². The van der Waals surface area contributed by atoms with Gasteiger partial charge in [0.25, 0.3) is 5.91 Å². The SMILES string of the molecule is CC(C)[C@@H]1N=C2c3ccccc3N=C(S[C@@H](C)C(=O)NCc3ccc(F)cc3)N2C1=O. The summed E-state index contributed by atoms with van der Waals surface area (Å²) in [5.41, 5.74) is 2.35. The fourth-order valence-electron chi connectivity index (χ4n) is 3.43. The summed E-state index contributed by atoms with van der Waals surface area (Å²) in [6.07, 6.45) is 0. The normalized spacial score (nSPS) is 18.3. The number of hydrogen-bond acceptors (Lipinski definition) is 5. The van der Waals surface area contributed by atoms with E-state index >= 15 is 0 Å². The average molecular weight is 439 g/mol. The fourth-order valence-corrected chi connectivity index (χ4v) is 4.37. The van der Waals surface area contributed by atoms with Gasteiger partial charge in [0.05, 0.1) is 10.9 Å². The van der Waals surface area contributed by atoms with Gasteiger partial charge in [0.2, 0.25) is 5.91 Å². The molecule has 2 aliphatic heterocycles. The van der Waals surface area contributed by atoms with E-state index in [9.17, 15) is 14.0 Å². The quantitative estimate of drug-likeness (QED) is 0.770. The second kappa shape index (κ2) is 8.63. The molecule has 1 N–H and O–H groups in total. The lowest BCUT2D eigenvalue weighted by Gasteiger charge is -2.27. The Morgan fingerprint density at radius 3 is 2.58 bits per heavy atom. The van der Waals surface area contributed by atoms with Crippen molar-refractivity contribution in [2.75, 3.05) is 0 Å². The largest absolute Gasteiger partial charge is 0.351 e. The maximum atomic E-state index is 13.1. The van der Waals surface area contributed by atoms with Crippen molar-refractivity contribution in [2.45, 2.75) is 38.6 Å². The van der Waals surface area contributed by atoms with Gasteiger partial charge in [-0.1, -0.05) is 49.9 Å². The molecule has 0 radical (unpaired) electrons. The summed E-state index contributed by atoms with van der Waals surface area (Å²) >= 11 is 1.23. The molecule has 2 amide bonds. The number of aliphatic imine (C=N–C) groups is 2. The monoisotopic (exact) mass is 438 g/mol. The minimum atomic E-state index is -0.489. The summed E-state index contributed by atoms with van der Waals surface area (Å²) in [6, 6.07) is 13.1. The third-order valence-electron chi connectivity index (χ3n) is 5.16. The third-order valence-corrected chi connectivity index (χ3v) is 6.21. The lowest BCUT2D eigenvalue weighted by molar-refractivity contribution is -0.125. The molecule has 2 heterocycles. The summed E-state index contributed by atoms with van der Waals surface area (Å²) in [5.74, 6) is 0.0179. The number of fused-ring (bicyclic) bond motifs is 3. The Morgan fingerprint density at radius 1 is 1.16 bits per heavy atom. The van der Waals surface area contributed by atoms with Crippen LogP contribution < -0.4 is 5.32 Å². The van der Waals surface area contributed by atoms with Gasteiger partial charge in [-0.05, 0) is 42.7 Å². The summed E-state index contributed by atoms with van der Waals surface area (Å²) in [5, 5.41) is 2.82. The summed E-state index contributed by atoms with van der Waals surface area (Å²) in [7, 11) is 0. The van der Waals surface area contributed by atoms with Gasteiger partial charge in [-0.15, -0.1) is 0 Å². The first-order chi connectivity index (χ1) is 14.8. The molecule has 31 heavy (non-hydrogen) atoms. The number of amides is 2. The van der Waals surface area contributed by atoms with Crippen LogP contribution in [0.4, 0.5) is 10.1 Å². The van der Waals surface area contributed by atoms with Crippen LogP contribution in [0.2, 0.25) is 0 Å². The van der Waals surface area contributed by atoms with Crippen LogP contribution in [0.1, 0.15) is 31.9 Å². The summed E-state index contributed by atoms with van der Waals surface area (Å²) in [4.78, 5) is 36.6. The number of hydrogen-bond donors (Lipinski definition) is 1. The van der Waals surface area contributed by atoms with Crippen molar-refractivity contribution < 1.29 is 14.0 Å². The first-order valence-electron chi connectivity index (χ1n) is 10.1. The fraction of sp³-hybridized carbons (Fsp3) is 0.304. The standard InChI is InChI=1S/C23H23FN4O2S/c1-13(2)19-22(30)28-20(27-19)17-6-4-5-7-18(17)26-23(28)31-14(3)21(29)25-12-15-8-10-16(24)11-9-15/h4-11,13-14,19H,12H2,1-3H3,(H,25,29)/t14-,19-/m0/s1. The number of amidine groups is 2. The van der Waals surface area contributed by atoms with Crippen molar-refractivity contribution in [1.29, 1.82) is 0 Å². The Kier molecular flexibility index (Phi) is 5.91. The Hall–Kier alpha value is -3.00. The molecule has 6 nitrogen and oxygen atoms in total. The highest BCUT2D eigenvalue weighted by atomic mass is 32.2. The number of benzene rings is 2. The van der Waals surface area contributed by atoms with E-state index in [1.807, 2.05) is 38.1 Å². The Bertz CT molecular complexity index is 1080. The molecule has 0 spiro atoms. The van der Waals surface area contributed by atoms with E-state index < -0.39 is 11.3 Å². The number of nitrogens with zero attached hydrogens (tertiary/aromatic N) is 3. The first-order valence-corrected chi connectivity index (χ1v) is 11.0. The van der Waals surface area contributed by atoms with Gasteiger partial charge in [-0.25, -0.2) is 14.3 Å². The van der Waals surface area contributed by atoms with E-state index in [1.54, 1.807) is 24.0 Å². The molecular weight excluding hydrogens is 415 g/mol. The van der Waals surface area contributed by atoms with Crippen LogP contribution in [0.5, 0.6) is 0 Å². The topological polar surface area (TPSA) is 74.1 Å². The second-order valence-electron chi connectivity index (χ2n) is 7.83. The molecule has 2 aromatic rings. The van der Waals surface area contributed by atoms with Gasteiger partial charge in [0.1, 0.15) is 17.7 Å². The first kappa shape index (κ1) is 21.2. The zero-order valence-corrected chi connectivity index (χ0v) is 18.3. The number of carbonyl (C=O) groups excluding carboxylic acids is 2. The molecule has 2 aromatic carbocycles. The third kappa shape index (κ3) is 4.25. The smallest absolute Gasteiger partial charge is 0.259 e. The minimum absolute atomic E-state index is 0.0560. The molecule has 0 unspecified atom stereocenters. The lowest BCUT2D eigenvalue weighted by atomic mass is 10.1. The highest BCUT2D eigenvalue weighted by Gasteiger charge is 2.43. The Balaban J connectivity index is 1.52. The molecule has 4 rings (SSSR count). The maximum absolute atomic E-state index is 13.1. The highest BCUT2D eigenvalue weighted by molar-refractivity contribution is 8.15. The number of para-hydroxylation sites is 1. The van der Waals surface area contributed by atoms with Crippen LogP contribution in [-0.2, 0) is 16.1 Å². The molecule has 0 saturated carbocycles. The van der Waals surface area contributed by atoms with E-state index in [-0.39, 0.29) is 23.5 Å². The van der Waals surface area contributed by atoms with Crippen molar-refractivity contribution >= 4 is 40.3 Å². The average Bonchev–Trinajstić information content (AvgIpc) is 3.11. The van der Waals surface area contributed by atoms with Crippen LogP contribution in [0.15, 0.2) is 58.5 Å². The Labute approximate surface area is 184 Å². The molecule has 2 aliphatic rings. The molecule has 2 atom stereocenters. The molecular formula is C23H23FN4O2S. The number of nitrogens with one attached hydrogen (secondary N) is 1. The van der Waals surface area contributed by atoms with Crippen LogP contribution in [0, 0.1) is 11.7 Å². The summed E-state index contributed by atoms with van der Waals surface area (Å²) in [6.45, 7) is 5.99. The molecule has 0 aliphatic carbocycles. The molecule has 8 heteroatoms. The second-order valence-corrected chi connectivity index (χ2v) is 9.14. The van der Waals surface area contributed by atoms with Gasteiger partial charge in [0.15, 0.2) is 5.17 Å². The lowest BCUT2D eigenvalue weighted by Crippen LogP contribution is -2.43. The number of thioether (sulfide) groups is 1. The van der Waals surface area contributed by atoms with E-state index in [4.69, 9.17) is 0 Å².